The molecule has 7 nitrogen and oxygen atoms in total. The first-order valence-corrected chi connectivity index (χ1v) is 11.3. The predicted molar refractivity (Wildman–Crippen MR) is 130 cm³/mol. The van der Waals surface area contributed by atoms with E-state index >= 15 is 0 Å². The van der Waals surface area contributed by atoms with Gasteiger partial charge in [-0.1, -0.05) is 18.2 Å². The maximum absolute atomic E-state index is 13.1. The number of para-hydroxylation sites is 1. The van der Waals surface area contributed by atoms with Crippen LogP contribution in [0.2, 0.25) is 0 Å². The molecule has 0 aliphatic rings. The number of rotatable bonds is 7. The molecular formula is C25H23N3O4S. The molecule has 0 unspecified atom stereocenters. The fraction of sp³-hybridized carbons (Fsp3) is 0.200. The summed E-state index contributed by atoms with van der Waals surface area (Å²) in [6.45, 7) is 5.43. The summed E-state index contributed by atoms with van der Waals surface area (Å²) in [4.78, 5) is 43.8. The third-order valence-electron chi connectivity index (χ3n) is 5.02. The van der Waals surface area contributed by atoms with Gasteiger partial charge in [-0.25, -0.2) is 4.98 Å². The van der Waals surface area contributed by atoms with Crippen LogP contribution in [-0.2, 0) is 6.54 Å². The van der Waals surface area contributed by atoms with Crippen molar-refractivity contribution in [1.82, 2.24) is 9.55 Å². The van der Waals surface area contributed by atoms with Gasteiger partial charge in [-0.15, -0.1) is 11.3 Å². The summed E-state index contributed by atoms with van der Waals surface area (Å²) >= 11 is 1.16. The maximum atomic E-state index is 13.1. The zero-order valence-electron chi connectivity index (χ0n) is 18.5. The number of nitrogens with one attached hydrogen (secondary N) is 1. The summed E-state index contributed by atoms with van der Waals surface area (Å²) in [7, 11) is 0. The third kappa shape index (κ3) is 4.85. The van der Waals surface area contributed by atoms with Crippen molar-refractivity contribution >= 4 is 38.9 Å². The second-order valence-electron chi connectivity index (χ2n) is 7.85. The zero-order valence-corrected chi connectivity index (χ0v) is 19.3. The third-order valence-corrected chi connectivity index (χ3v) is 6.22. The fourth-order valence-corrected chi connectivity index (χ4v) is 4.47. The van der Waals surface area contributed by atoms with E-state index in [-0.39, 0.29) is 29.9 Å². The van der Waals surface area contributed by atoms with E-state index in [0.29, 0.717) is 37.7 Å². The van der Waals surface area contributed by atoms with Crippen LogP contribution < -0.4 is 15.6 Å². The highest BCUT2D eigenvalue weighted by Crippen LogP contribution is 2.27. The number of Topliss-reactive ketones (excluding diaryl/α,β-unsaturated/α-hetero) is 1. The van der Waals surface area contributed by atoms with E-state index in [9.17, 15) is 14.4 Å². The Kier molecular flexibility index (Phi) is 6.37. The first-order chi connectivity index (χ1) is 15.8. The molecule has 0 saturated heterocycles. The molecule has 1 amide bonds. The van der Waals surface area contributed by atoms with Crippen LogP contribution in [0.25, 0.3) is 10.2 Å². The fourth-order valence-electron chi connectivity index (χ4n) is 3.44. The lowest BCUT2D eigenvalue weighted by molar-refractivity contribution is 0.0969. The van der Waals surface area contributed by atoms with Crippen LogP contribution in [0, 0.1) is 6.92 Å². The molecule has 0 radical (unpaired) electrons. The lowest BCUT2D eigenvalue weighted by Gasteiger charge is -2.10. The lowest BCUT2D eigenvalue weighted by Crippen LogP contribution is -2.24. The van der Waals surface area contributed by atoms with Gasteiger partial charge in [0.25, 0.3) is 11.5 Å². The number of nitrogens with zero attached hydrogens (tertiary/aromatic N) is 2. The number of carbonyl (C=O) groups is 2. The summed E-state index contributed by atoms with van der Waals surface area (Å²) in [5.74, 6) is 0.161. The molecule has 2 aromatic heterocycles. The number of aromatic nitrogens is 2. The van der Waals surface area contributed by atoms with Crippen molar-refractivity contribution in [2.45, 2.75) is 33.4 Å². The van der Waals surface area contributed by atoms with Crippen molar-refractivity contribution < 1.29 is 14.3 Å². The Morgan fingerprint density at radius 1 is 1.09 bits per heavy atom. The van der Waals surface area contributed by atoms with Gasteiger partial charge in [0.2, 0.25) is 0 Å². The molecule has 33 heavy (non-hydrogen) atoms. The van der Waals surface area contributed by atoms with Crippen molar-refractivity contribution in [3.05, 3.63) is 87.3 Å². The second kappa shape index (κ2) is 9.38. The minimum Gasteiger partial charge on any atom is -0.491 e. The molecule has 0 bridgehead atoms. The quantitative estimate of drug-likeness (QED) is 0.403. The Hall–Kier alpha value is -3.78. The summed E-state index contributed by atoms with van der Waals surface area (Å²) < 4.78 is 6.88. The number of hydrogen-bond donors (Lipinski definition) is 1. The van der Waals surface area contributed by atoms with Gasteiger partial charge in [-0.2, -0.15) is 0 Å². The smallest absolute Gasteiger partial charge is 0.266 e. The Labute approximate surface area is 194 Å². The molecule has 0 aliphatic carbocycles. The van der Waals surface area contributed by atoms with Crippen LogP contribution in [0.1, 0.15) is 39.4 Å². The van der Waals surface area contributed by atoms with Crippen LogP contribution in [0.15, 0.2) is 65.7 Å². The topological polar surface area (TPSA) is 90.3 Å². The van der Waals surface area contributed by atoms with E-state index in [2.05, 4.69) is 10.3 Å². The first-order valence-electron chi connectivity index (χ1n) is 10.5. The molecule has 8 heteroatoms. The highest BCUT2D eigenvalue weighted by atomic mass is 32.1. The van der Waals surface area contributed by atoms with Gasteiger partial charge >= 0.3 is 0 Å². The average Bonchev–Trinajstić information content (AvgIpc) is 3.13. The Bertz CT molecular complexity index is 1370. The number of fused-ring (bicyclic) bond motifs is 1. The van der Waals surface area contributed by atoms with Crippen LogP contribution in [0.3, 0.4) is 0 Å². The van der Waals surface area contributed by atoms with Crippen LogP contribution in [-0.4, -0.2) is 27.3 Å². The minimum atomic E-state index is -0.347. The van der Waals surface area contributed by atoms with Crippen molar-refractivity contribution in [2.24, 2.45) is 0 Å². The number of amides is 1. The Balaban J connectivity index is 1.58. The van der Waals surface area contributed by atoms with Crippen molar-refractivity contribution in [3.8, 4) is 5.75 Å². The largest absolute Gasteiger partial charge is 0.491 e. The highest BCUT2D eigenvalue weighted by molar-refractivity contribution is 7.20. The average molecular weight is 462 g/mol. The molecule has 2 heterocycles. The van der Waals surface area contributed by atoms with Gasteiger partial charge in [0.15, 0.2) is 5.78 Å². The second-order valence-corrected chi connectivity index (χ2v) is 8.85. The normalized spacial score (nSPS) is 11.0. The maximum Gasteiger partial charge on any atom is 0.266 e. The Morgan fingerprint density at radius 3 is 2.45 bits per heavy atom. The molecule has 2 aromatic carbocycles. The van der Waals surface area contributed by atoms with Gasteiger partial charge in [0.05, 0.1) is 29.2 Å². The molecule has 1 N–H and O–H groups in total. The van der Waals surface area contributed by atoms with Crippen LogP contribution in [0.5, 0.6) is 5.75 Å². The van der Waals surface area contributed by atoms with Gasteiger partial charge in [0, 0.05) is 11.3 Å². The van der Waals surface area contributed by atoms with Crippen molar-refractivity contribution in [1.29, 1.82) is 0 Å². The summed E-state index contributed by atoms with van der Waals surface area (Å²) in [6, 6.07) is 15.9. The van der Waals surface area contributed by atoms with E-state index in [4.69, 9.17) is 4.74 Å². The molecule has 0 fully saturated rings. The number of ether oxygens (including phenoxy) is 1. The standard InChI is InChI=1S/C25H23N3O4S/c1-15(2)32-19-11-9-17(10-12-19)20(29)13-28-14-26-24-21(25(28)31)16(3)22(33-24)23(30)27-18-7-5-4-6-8-18/h4-12,14-15H,13H2,1-3H3,(H,27,30). The SMILES string of the molecule is Cc1c(C(=O)Nc2ccccc2)sc2ncn(CC(=O)c3ccc(OC(C)C)cc3)c(=O)c12. The van der Waals surface area contributed by atoms with Crippen LogP contribution >= 0.6 is 11.3 Å². The first kappa shape index (κ1) is 22.4. The summed E-state index contributed by atoms with van der Waals surface area (Å²) in [6.07, 6.45) is 1.39. The number of anilines is 1. The predicted octanol–water partition coefficient (Wildman–Crippen LogP) is 4.69. The molecular weight excluding hydrogens is 438 g/mol. The van der Waals surface area contributed by atoms with Crippen molar-refractivity contribution in [3.63, 3.8) is 0 Å². The monoisotopic (exact) mass is 461 g/mol. The molecule has 0 saturated carbocycles. The molecule has 0 aliphatic heterocycles. The molecule has 4 aromatic rings. The van der Waals surface area contributed by atoms with Gasteiger partial charge in [0.1, 0.15) is 10.6 Å². The molecule has 0 spiro atoms. The Morgan fingerprint density at radius 2 is 1.79 bits per heavy atom. The van der Waals surface area contributed by atoms with E-state index in [0.717, 1.165) is 11.3 Å². The van der Waals surface area contributed by atoms with E-state index in [1.54, 1.807) is 43.3 Å². The van der Waals surface area contributed by atoms with Gasteiger partial charge in [-0.05, 0) is 62.7 Å². The van der Waals surface area contributed by atoms with Crippen molar-refractivity contribution in [2.75, 3.05) is 5.32 Å². The summed E-state index contributed by atoms with van der Waals surface area (Å²) in [5, 5.41) is 3.19. The van der Waals surface area contributed by atoms with Crippen LogP contribution in [0.4, 0.5) is 5.69 Å². The number of benzene rings is 2. The van der Waals surface area contributed by atoms with E-state index in [1.807, 2.05) is 32.0 Å². The number of aryl methyl sites for hydroxylation is 1. The lowest BCUT2D eigenvalue weighted by atomic mass is 10.1. The minimum absolute atomic E-state index is 0.0384. The number of hydrogen-bond acceptors (Lipinski definition) is 6. The number of carbonyl (C=O) groups excluding carboxylic acids is 2. The summed E-state index contributed by atoms with van der Waals surface area (Å²) in [5.41, 5.74) is 1.35. The highest BCUT2D eigenvalue weighted by Gasteiger charge is 2.20. The van der Waals surface area contributed by atoms with Gasteiger partial charge in [-0.3, -0.25) is 19.0 Å². The number of thiophene rings is 1. The zero-order chi connectivity index (χ0) is 23.5. The van der Waals surface area contributed by atoms with E-state index in [1.165, 1.54) is 10.9 Å². The molecule has 4 rings (SSSR count). The number of ketones is 1. The molecule has 168 valence electrons. The van der Waals surface area contributed by atoms with E-state index < -0.39 is 0 Å². The molecule has 0 atom stereocenters. The van der Waals surface area contributed by atoms with Gasteiger partial charge < -0.3 is 10.1 Å².